The van der Waals surface area contributed by atoms with Crippen molar-refractivity contribution in [3.05, 3.63) is 22.7 Å². The van der Waals surface area contributed by atoms with Crippen LogP contribution in [0.5, 0.6) is 5.75 Å². The largest absolute Gasteiger partial charge is 0.495 e. The first-order valence-electron chi connectivity index (χ1n) is 6.57. The Morgan fingerprint density at radius 1 is 1.24 bits per heavy atom. The van der Waals surface area contributed by atoms with Crippen molar-refractivity contribution < 1.29 is 14.3 Å². The second kappa shape index (κ2) is 6.80. The van der Waals surface area contributed by atoms with Gasteiger partial charge in [0.05, 0.1) is 12.8 Å². The Morgan fingerprint density at radius 2 is 1.86 bits per heavy atom. The smallest absolute Gasteiger partial charge is 0.233 e. The van der Waals surface area contributed by atoms with Crippen LogP contribution in [-0.4, -0.2) is 24.5 Å². The number of anilines is 1. The Hall–Kier alpha value is -1.75. The molecule has 1 rings (SSSR count). The number of nitrogens with one attached hydrogen (secondary N) is 2. The van der Waals surface area contributed by atoms with Gasteiger partial charge in [-0.1, -0.05) is 11.6 Å². The van der Waals surface area contributed by atoms with Crippen LogP contribution in [0, 0.1) is 6.92 Å². The number of hydrogen-bond acceptors (Lipinski definition) is 3. The van der Waals surface area contributed by atoms with Crippen molar-refractivity contribution in [2.24, 2.45) is 0 Å². The van der Waals surface area contributed by atoms with E-state index in [9.17, 15) is 9.59 Å². The quantitative estimate of drug-likeness (QED) is 0.840. The van der Waals surface area contributed by atoms with Crippen molar-refractivity contribution >= 4 is 29.1 Å². The van der Waals surface area contributed by atoms with Crippen LogP contribution in [0.2, 0.25) is 5.02 Å². The zero-order valence-electron chi connectivity index (χ0n) is 13.0. The molecule has 0 bridgehead atoms. The summed E-state index contributed by atoms with van der Waals surface area (Å²) in [5.41, 5.74) is 0.936. The van der Waals surface area contributed by atoms with Crippen molar-refractivity contribution in [1.82, 2.24) is 5.32 Å². The second-order valence-electron chi connectivity index (χ2n) is 5.82. The lowest BCUT2D eigenvalue weighted by Gasteiger charge is -2.20. The van der Waals surface area contributed by atoms with Crippen molar-refractivity contribution in [2.45, 2.75) is 39.7 Å². The maximum absolute atomic E-state index is 11.9. The summed E-state index contributed by atoms with van der Waals surface area (Å²) in [5, 5.41) is 5.95. The van der Waals surface area contributed by atoms with Crippen molar-refractivity contribution in [3.8, 4) is 5.75 Å². The molecule has 2 amide bonds. The highest BCUT2D eigenvalue weighted by Gasteiger charge is 2.17. The third-order valence-electron chi connectivity index (χ3n) is 2.59. The number of carbonyl (C=O) groups excluding carboxylic acids is 2. The zero-order valence-corrected chi connectivity index (χ0v) is 13.7. The lowest BCUT2D eigenvalue weighted by molar-refractivity contribution is -0.127. The van der Waals surface area contributed by atoms with Crippen LogP contribution >= 0.6 is 11.6 Å². The van der Waals surface area contributed by atoms with Crippen molar-refractivity contribution in [3.63, 3.8) is 0 Å². The third-order valence-corrected chi connectivity index (χ3v) is 3.00. The predicted octanol–water partition coefficient (Wildman–Crippen LogP) is 2.90. The fraction of sp³-hybridized carbons (Fsp3) is 0.467. The number of ether oxygens (including phenoxy) is 1. The molecule has 0 saturated heterocycles. The summed E-state index contributed by atoms with van der Waals surface area (Å²) in [5.74, 6) is -0.281. The first-order valence-corrected chi connectivity index (χ1v) is 6.95. The topological polar surface area (TPSA) is 67.4 Å². The summed E-state index contributed by atoms with van der Waals surface area (Å²) in [6.45, 7) is 7.39. The molecule has 21 heavy (non-hydrogen) atoms. The Balaban J connectivity index is 2.75. The van der Waals surface area contributed by atoms with E-state index >= 15 is 0 Å². The number of amides is 2. The summed E-state index contributed by atoms with van der Waals surface area (Å²) in [7, 11) is 1.49. The van der Waals surface area contributed by atoms with Crippen LogP contribution in [-0.2, 0) is 9.59 Å². The number of benzene rings is 1. The molecule has 0 fully saturated rings. The van der Waals surface area contributed by atoms with Gasteiger partial charge in [-0.2, -0.15) is 0 Å². The molecular formula is C15H21ClN2O3. The Labute approximate surface area is 130 Å². The van der Waals surface area contributed by atoms with Gasteiger partial charge in [-0.05, 0) is 39.3 Å². The van der Waals surface area contributed by atoms with Crippen LogP contribution in [0.15, 0.2) is 12.1 Å². The van der Waals surface area contributed by atoms with E-state index in [0.29, 0.717) is 16.5 Å². The van der Waals surface area contributed by atoms with E-state index in [1.54, 1.807) is 12.1 Å². The van der Waals surface area contributed by atoms with E-state index in [-0.39, 0.29) is 17.9 Å². The molecule has 1 aromatic rings. The third kappa shape index (κ3) is 5.63. The molecule has 0 unspecified atom stereocenters. The summed E-state index contributed by atoms with van der Waals surface area (Å²) >= 11 is 6.00. The van der Waals surface area contributed by atoms with Crippen molar-refractivity contribution in [1.29, 1.82) is 0 Å². The lowest BCUT2D eigenvalue weighted by atomic mass is 10.1. The molecule has 116 valence electrons. The van der Waals surface area contributed by atoms with Crippen molar-refractivity contribution in [2.75, 3.05) is 12.4 Å². The molecule has 0 aromatic heterocycles. The molecule has 0 aliphatic rings. The fourth-order valence-electron chi connectivity index (χ4n) is 1.73. The molecule has 1 aromatic carbocycles. The molecule has 0 aliphatic heterocycles. The minimum absolute atomic E-state index is 0.248. The molecule has 6 heteroatoms. The number of hydrogen-bond donors (Lipinski definition) is 2. The normalized spacial score (nSPS) is 11.0. The number of carbonyl (C=O) groups is 2. The van der Waals surface area contributed by atoms with Crippen LogP contribution in [0.4, 0.5) is 5.69 Å². The molecule has 0 saturated carbocycles. The van der Waals surface area contributed by atoms with E-state index in [1.807, 2.05) is 27.7 Å². The molecule has 0 spiro atoms. The molecule has 0 atom stereocenters. The second-order valence-corrected chi connectivity index (χ2v) is 6.23. The molecule has 0 aliphatic carbocycles. The van der Waals surface area contributed by atoms with E-state index in [0.717, 1.165) is 5.56 Å². The Bertz CT molecular complexity index is 551. The molecule has 0 radical (unpaired) electrons. The molecule has 5 nitrogen and oxygen atoms in total. The highest BCUT2D eigenvalue weighted by molar-refractivity contribution is 6.31. The molecule has 0 heterocycles. The van der Waals surface area contributed by atoms with Crippen LogP contribution in [0.1, 0.15) is 32.8 Å². The number of rotatable bonds is 4. The van der Waals surface area contributed by atoms with E-state index in [1.165, 1.54) is 7.11 Å². The van der Waals surface area contributed by atoms with Gasteiger partial charge in [-0.3, -0.25) is 9.59 Å². The summed E-state index contributed by atoms with van der Waals surface area (Å²) in [6.07, 6.45) is -0.248. The maximum Gasteiger partial charge on any atom is 0.233 e. The Morgan fingerprint density at radius 3 is 2.38 bits per heavy atom. The van der Waals surface area contributed by atoms with Gasteiger partial charge in [-0.25, -0.2) is 0 Å². The van der Waals surface area contributed by atoms with Gasteiger partial charge in [0.25, 0.3) is 0 Å². The first-order chi connectivity index (χ1) is 9.62. The van der Waals surface area contributed by atoms with Crippen LogP contribution in [0.3, 0.4) is 0 Å². The SMILES string of the molecule is COc1cc(Cl)c(C)cc1NC(=O)CC(=O)NC(C)(C)C. The van der Waals surface area contributed by atoms with Gasteiger partial charge in [0.2, 0.25) is 11.8 Å². The molecular weight excluding hydrogens is 292 g/mol. The van der Waals surface area contributed by atoms with Gasteiger partial charge in [-0.15, -0.1) is 0 Å². The number of methoxy groups -OCH3 is 1. The van der Waals surface area contributed by atoms with Gasteiger partial charge >= 0.3 is 0 Å². The molecule has 2 N–H and O–H groups in total. The van der Waals surface area contributed by atoms with Gasteiger partial charge in [0.1, 0.15) is 12.2 Å². The minimum atomic E-state index is -0.406. The van der Waals surface area contributed by atoms with E-state index < -0.39 is 5.91 Å². The summed E-state index contributed by atoms with van der Waals surface area (Å²) < 4.78 is 5.17. The minimum Gasteiger partial charge on any atom is -0.495 e. The fourth-order valence-corrected chi connectivity index (χ4v) is 1.89. The standard InChI is InChI=1S/C15H21ClN2O3/c1-9-6-11(12(21-5)7-10(9)16)17-13(19)8-14(20)18-15(2,3)4/h6-7H,8H2,1-5H3,(H,17,19)(H,18,20). The maximum atomic E-state index is 11.9. The van der Waals surface area contributed by atoms with Crippen LogP contribution in [0.25, 0.3) is 0 Å². The average molecular weight is 313 g/mol. The van der Waals surface area contributed by atoms with Gasteiger partial charge in [0.15, 0.2) is 0 Å². The summed E-state index contributed by atoms with van der Waals surface area (Å²) in [6, 6.07) is 3.34. The average Bonchev–Trinajstić information content (AvgIpc) is 2.30. The highest BCUT2D eigenvalue weighted by atomic mass is 35.5. The monoisotopic (exact) mass is 312 g/mol. The van der Waals surface area contributed by atoms with Crippen LogP contribution < -0.4 is 15.4 Å². The lowest BCUT2D eigenvalue weighted by Crippen LogP contribution is -2.41. The highest BCUT2D eigenvalue weighted by Crippen LogP contribution is 2.30. The van der Waals surface area contributed by atoms with E-state index in [4.69, 9.17) is 16.3 Å². The number of halogens is 1. The van der Waals surface area contributed by atoms with Gasteiger partial charge < -0.3 is 15.4 Å². The number of aryl methyl sites for hydroxylation is 1. The first kappa shape index (κ1) is 17.3. The van der Waals surface area contributed by atoms with Gasteiger partial charge in [0, 0.05) is 16.6 Å². The Kier molecular flexibility index (Phi) is 5.61. The van der Waals surface area contributed by atoms with E-state index in [2.05, 4.69) is 10.6 Å². The summed E-state index contributed by atoms with van der Waals surface area (Å²) in [4.78, 5) is 23.6. The predicted molar refractivity (Wildman–Crippen MR) is 83.9 cm³/mol. The zero-order chi connectivity index (χ0) is 16.2.